The summed E-state index contributed by atoms with van der Waals surface area (Å²) < 4.78 is 10.4. The van der Waals surface area contributed by atoms with Crippen LogP contribution >= 0.6 is 0 Å². The summed E-state index contributed by atoms with van der Waals surface area (Å²) in [6.45, 7) is 9.91. The number of amides is 2. The maximum Gasteiger partial charge on any atom is 1.00 e. The topological polar surface area (TPSA) is 157 Å². The van der Waals surface area contributed by atoms with Gasteiger partial charge in [0.05, 0.1) is 0 Å². The molecule has 0 rings (SSSR count). The maximum atomic E-state index is 11.7. The third kappa shape index (κ3) is 19.0. The summed E-state index contributed by atoms with van der Waals surface area (Å²) in [5.74, 6) is -2.85. The molecule has 2 N–H and O–H groups in total. The summed E-state index contributed by atoms with van der Waals surface area (Å²) in [6.07, 6.45) is -1.71. The minimum atomic E-state index is -1.42. The average molecular weight is 643 g/mol. The molecule has 0 saturated carbocycles. The van der Waals surface area contributed by atoms with Crippen molar-refractivity contribution in [2.45, 2.75) is 73.8 Å². The van der Waals surface area contributed by atoms with Crippen molar-refractivity contribution in [2.75, 3.05) is 0 Å². The number of ether oxygens (including phenoxy) is 2. The molecule has 0 aliphatic rings. The molecule has 10 nitrogen and oxygen atoms in total. The minimum absolute atomic E-state index is 0. The Balaban J connectivity index is -0.00000364. The summed E-state index contributed by atoms with van der Waals surface area (Å²) in [4.78, 5) is 45.8. The van der Waals surface area contributed by atoms with Crippen LogP contribution in [0.2, 0.25) is 8.94 Å². The number of hydrogen-bond donors (Lipinski definition) is 2. The molecule has 0 radical (unpaired) electrons. The van der Waals surface area contributed by atoms with Gasteiger partial charge in [0, 0.05) is 0 Å². The van der Waals surface area contributed by atoms with Crippen molar-refractivity contribution in [1.29, 1.82) is 0 Å². The van der Waals surface area contributed by atoms with Crippen LogP contribution in [0.1, 0.15) is 41.5 Å². The van der Waals surface area contributed by atoms with Gasteiger partial charge in [-0.15, -0.1) is 0 Å². The molecule has 162 valence electrons. The van der Waals surface area contributed by atoms with Gasteiger partial charge in [-0.25, -0.2) is 0 Å². The van der Waals surface area contributed by atoms with Crippen LogP contribution < -0.4 is 58.6 Å². The van der Waals surface area contributed by atoms with Gasteiger partial charge in [0.2, 0.25) is 0 Å². The van der Waals surface area contributed by atoms with E-state index in [2.05, 4.69) is 10.6 Å². The Hall–Kier alpha value is 0.254. The standard InChI is InChI=1S/C16H28N2O8Te2.2Li/c1-15(2,3)25-13(23)17-9(11(19)20)7-27-28-8-10(12(21)22)18-14(24)26-16(4,5)6;;/h9-10H,7-8H2,1-6H3,(H,17,23)(H,18,24)(H,19,20)(H,21,22);;/q;2*+1/p-2/t9-,10-;;/m1../s1. The Bertz CT molecular complexity index is 533. The van der Waals surface area contributed by atoms with E-state index < -0.39 is 81.5 Å². The van der Waals surface area contributed by atoms with E-state index >= 15 is 0 Å². The zero-order valence-corrected chi connectivity index (χ0v) is 23.3. The van der Waals surface area contributed by atoms with Gasteiger partial charge in [-0.2, -0.15) is 0 Å². The smallest absolute Gasteiger partial charge is 1.00 e. The number of carbonyl (C=O) groups is 4. The van der Waals surface area contributed by atoms with Crippen LogP contribution in [-0.2, 0) is 19.1 Å². The number of carboxylic acids is 2. The van der Waals surface area contributed by atoms with Crippen molar-refractivity contribution in [3.8, 4) is 0 Å². The Morgan fingerprint density at radius 1 is 0.733 bits per heavy atom. The Kier molecular flexibility index (Phi) is 18.5. The largest absolute Gasteiger partial charge is 1.00 e. The molecule has 0 aromatic carbocycles. The second-order valence-electron chi connectivity index (χ2n) is 7.60. The molecule has 0 aliphatic heterocycles. The number of hydrogen-bond acceptors (Lipinski definition) is 8. The second-order valence-corrected chi connectivity index (χ2v) is 19.9. The van der Waals surface area contributed by atoms with Gasteiger partial charge in [-0.05, 0) is 0 Å². The quantitative estimate of drug-likeness (QED) is 0.186. The number of nitrogens with one attached hydrogen (secondary N) is 2. The van der Waals surface area contributed by atoms with Crippen LogP contribution in [0.25, 0.3) is 0 Å². The molecular weight excluding hydrogens is 617 g/mol. The van der Waals surface area contributed by atoms with E-state index in [1.807, 2.05) is 0 Å². The molecule has 0 saturated heterocycles. The zero-order chi connectivity index (χ0) is 22.1. The number of carbonyl (C=O) groups excluding carboxylic acids is 4. The summed E-state index contributed by atoms with van der Waals surface area (Å²) in [7, 11) is 0. The molecule has 0 aliphatic carbocycles. The molecule has 0 bridgehead atoms. The summed E-state index contributed by atoms with van der Waals surface area (Å²) in [6, 6.07) is -2.38. The normalized spacial score (nSPS) is 12.9. The molecule has 0 fully saturated rings. The summed E-state index contributed by atoms with van der Waals surface area (Å²) in [5.41, 5.74) is -1.53. The molecular formula is C16H26Li2N2O8Te2. The van der Waals surface area contributed by atoms with Gasteiger partial charge in [-0.1, -0.05) is 0 Å². The van der Waals surface area contributed by atoms with E-state index in [9.17, 15) is 29.4 Å². The van der Waals surface area contributed by atoms with Gasteiger partial charge >= 0.3 is 219 Å². The monoisotopic (exact) mass is 648 g/mol. The van der Waals surface area contributed by atoms with Gasteiger partial charge in [0.25, 0.3) is 0 Å². The van der Waals surface area contributed by atoms with E-state index in [1.165, 1.54) is 0 Å². The third-order valence-electron chi connectivity index (χ3n) is 2.50. The van der Waals surface area contributed by atoms with E-state index in [0.29, 0.717) is 0 Å². The maximum absolute atomic E-state index is 11.7. The second kappa shape index (κ2) is 16.0. The van der Waals surface area contributed by atoms with Crippen LogP contribution in [0, 0.1) is 0 Å². The first-order chi connectivity index (χ1) is 12.6. The predicted octanol–water partition coefficient (Wildman–Crippen LogP) is -7.56. The molecule has 0 unspecified atom stereocenters. The number of carboxylic acid groups (broad SMARTS) is 2. The Labute approximate surface area is 217 Å². The average Bonchev–Trinajstić information content (AvgIpc) is 2.44. The molecule has 0 spiro atoms. The number of aliphatic carboxylic acids is 2. The fraction of sp³-hybridized carbons (Fsp3) is 0.750. The van der Waals surface area contributed by atoms with Gasteiger partial charge in [0.1, 0.15) is 0 Å². The fourth-order valence-electron chi connectivity index (χ4n) is 1.47. The van der Waals surface area contributed by atoms with E-state index in [-0.39, 0.29) is 46.7 Å². The Morgan fingerprint density at radius 3 is 1.20 bits per heavy atom. The molecule has 30 heavy (non-hydrogen) atoms. The molecule has 0 aromatic heterocycles. The SMILES string of the molecule is CC(C)(C)OC(=O)N[C@H](C[Te][Te]C[C@@H](NC(=O)OC(C)(C)C)C(=O)[O-])C(=O)[O-].[Li+].[Li+]. The zero-order valence-electron chi connectivity index (χ0n) is 18.7. The van der Waals surface area contributed by atoms with Crippen LogP contribution in [-0.4, -0.2) is 81.5 Å². The third-order valence-corrected chi connectivity index (χ3v) is 14.1. The fourth-order valence-corrected chi connectivity index (χ4v) is 12.9. The van der Waals surface area contributed by atoms with Crippen LogP contribution in [0.4, 0.5) is 9.59 Å². The first-order valence-electron chi connectivity index (χ1n) is 8.26. The molecule has 0 heterocycles. The van der Waals surface area contributed by atoms with Crippen molar-refractivity contribution in [3.05, 3.63) is 0 Å². The predicted molar refractivity (Wildman–Crippen MR) is 97.5 cm³/mol. The van der Waals surface area contributed by atoms with Crippen LogP contribution in [0.5, 0.6) is 0 Å². The van der Waals surface area contributed by atoms with Crippen molar-refractivity contribution in [2.24, 2.45) is 0 Å². The van der Waals surface area contributed by atoms with Crippen molar-refractivity contribution in [3.63, 3.8) is 0 Å². The van der Waals surface area contributed by atoms with E-state index in [0.717, 1.165) is 0 Å². The molecule has 2 amide bonds. The van der Waals surface area contributed by atoms with Gasteiger partial charge < -0.3 is 0 Å². The molecule has 0 aromatic rings. The first kappa shape index (κ1) is 34.9. The minimum Gasteiger partial charge on any atom is 1.00 e. The van der Waals surface area contributed by atoms with Crippen molar-refractivity contribution >= 4 is 58.2 Å². The number of rotatable bonds is 9. The Morgan fingerprint density at radius 2 is 1.00 bits per heavy atom. The number of alkyl carbamates (subject to hydrolysis) is 2. The van der Waals surface area contributed by atoms with Gasteiger partial charge in [-0.3, -0.25) is 0 Å². The van der Waals surface area contributed by atoms with Crippen molar-refractivity contribution in [1.82, 2.24) is 10.6 Å². The molecule has 2 atom stereocenters. The summed E-state index contributed by atoms with van der Waals surface area (Å²) in [5, 5.41) is 26.9. The summed E-state index contributed by atoms with van der Waals surface area (Å²) >= 11 is -1.73. The van der Waals surface area contributed by atoms with Gasteiger partial charge in [0.15, 0.2) is 0 Å². The van der Waals surface area contributed by atoms with Crippen LogP contribution in [0.15, 0.2) is 0 Å². The first-order valence-corrected chi connectivity index (χ1v) is 18.9. The van der Waals surface area contributed by atoms with Crippen molar-refractivity contribution < 1.29 is 76.6 Å². The van der Waals surface area contributed by atoms with E-state index in [4.69, 9.17) is 9.47 Å². The molecule has 14 heteroatoms. The van der Waals surface area contributed by atoms with Crippen LogP contribution in [0.3, 0.4) is 0 Å². The van der Waals surface area contributed by atoms with E-state index in [1.54, 1.807) is 41.5 Å².